The van der Waals surface area contributed by atoms with Gasteiger partial charge < -0.3 is 10.1 Å². The first-order valence-corrected chi connectivity index (χ1v) is 6.42. The van der Waals surface area contributed by atoms with Crippen LogP contribution in [0, 0.1) is 0 Å². The molecule has 1 fully saturated rings. The van der Waals surface area contributed by atoms with E-state index in [2.05, 4.69) is 9.77 Å². The van der Waals surface area contributed by atoms with Crippen LogP contribution in [-0.4, -0.2) is 26.3 Å². The Bertz CT molecular complexity index is 676. The van der Waals surface area contributed by atoms with Crippen molar-refractivity contribution in [2.75, 3.05) is 0 Å². The number of hydrogen-bond acceptors (Lipinski definition) is 2. The van der Waals surface area contributed by atoms with E-state index in [1.807, 2.05) is 29.0 Å². The zero-order valence-corrected chi connectivity index (χ0v) is 10.5. The number of carbonyl (C=O) groups is 1. The van der Waals surface area contributed by atoms with Crippen molar-refractivity contribution in [2.24, 2.45) is 0 Å². The number of hydrogen-bond donors (Lipinski definition) is 0. The zero-order chi connectivity index (χ0) is 13.3. The molecule has 0 spiro atoms. The molecule has 0 aliphatic heterocycles. The van der Waals surface area contributed by atoms with Crippen molar-refractivity contribution < 1.29 is 9.58 Å². The third-order valence-corrected chi connectivity index (χ3v) is 3.97. The van der Waals surface area contributed by atoms with Crippen molar-refractivity contribution in [3.8, 4) is 0 Å². The average molecular weight is 254 g/mol. The molecule has 1 aliphatic rings. The maximum absolute atomic E-state index is 12.4. The summed E-state index contributed by atoms with van der Waals surface area (Å²) in [5.74, 6) is -0.157. The molecule has 2 heterocycles. The lowest BCUT2D eigenvalue weighted by Gasteiger charge is -2.27. The molecule has 1 saturated carbocycles. The molecule has 0 atom stereocenters. The molecular weight excluding hydrogens is 240 g/mol. The molecule has 3 rings (SSSR count). The van der Waals surface area contributed by atoms with E-state index in [9.17, 15) is 4.79 Å². The highest BCUT2D eigenvalue weighted by atomic mass is 16.1. The fourth-order valence-corrected chi connectivity index (χ4v) is 3.05. The lowest BCUT2D eigenvalue weighted by atomic mass is 9.92. The molecule has 0 saturated heterocycles. The number of carbonyl (C=O) groups excluding carboxylic acids is 1. The predicted octanol–water partition coefficient (Wildman–Crippen LogP) is 2.18. The maximum atomic E-state index is 12.4. The molecule has 0 radical (unpaired) electrons. The van der Waals surface area contributed by atoms with Gasteiger partial charge in [-0.05, 0) is 31.0 Å². The Morgan fingerprint density at radius 3 is 2.95 bits per heavy atom. The molecule has 96 valence electrons. The Labute approximate surface area is 110 Å². The molecule has 0 amide bonds. The third-order valence-electron chi connectivity index (χ3n) is 3.97. The lowest BCUT2D eigenvalue weighted by Crippen LogP contribution is -2.40. The SMILES string of the molecule is [N-]=[N+]=CC(=O)C1(n2ccc3cccnc32)CCCC1. The Morgan fingerprint density at radius 2 is 2.21 bits per heavy atom. The minimum Gasteiger partial charge on any atom is -0.361 e. The molecule has 0 N–H and O–H groups in total. The summed E-state index contributed by atoms with van der Waals surface area (Å²) in [7, 11) is 0. The van der Waals surface area contributed by atoms with E-state index in [0.717, 1.165) is 42.9 Å². The van der Waals surface area contributed by atoms with Gasteiger partial charge in [0.25, 0.3) is 5.78 Å². The maximum Gasteiger partial charge on any atom is 0.325 e. The van der Waals surface area contributed by atoms with Crippen LogP contribution in [0.15, 0.2) is 30.6 Å². The van der Waals surface area contributed by atoms with E-state index in [1.54, 1.807) is 6.20 Å². The molecule has 1 aliphatic carbocycles. The Kier molecular flexibility index (Phi) is 2.76. The zero-order valence-electron chi connectivity index (χ0n) is 10.5. The quantitative estimate of drug-likeness (QED) is 0.478. The van der Waals surface area contributed by atoms with E-state index < -0.39 is 5.54 Å². The summed E-state index contributed by atoms with van der Waals surface area (Å²) in [6.45, 7) is 0. The molecule has 2 aromatic rings. The van der Waals surface area contributed by atoms with E-state index in [1.165, 1.54) is 0 Å². The van der Waals surface area contributed by atoms with Gasteiger partial charge in [0.05, 0.1) is 0 Å². The summed E-state index contributed by atoms with van der Waals surface area (Å²) in [6.07, 6.45) is 8.17. The molecule has 5 heteroatoms. The molecular formula is C14H14N4O. The third kappa shape index (κ3) is 1.71. The van der Waals surface area contributed by atoms with Crippen LogP contribution < -0.4 is 0 Å². The van der Waals surface area contributed by atoms with Crippen LogP contribution in [0.25, 0.3) is 16.6 Å². The van der Waals surface area contributed by atoms with Gasteiger partial charge in [0.15, 0.2) is 0 Å². The number of aromatic nitrogens is 2. The van der Waals surface area contributed by atoms with Crippen LogP contribution >= 0.6 is 0 Å². The first kappa shape index (κ1) is 11.8. The standard InChI is InChI=1S/C14H14N4O/c15-17-10-12(19)14(6-1-2-7-14)18-9-5-11-4-3-8-16-13(11)18/h3-5,8-10H,1-2,6-7H2. The van der Waals surface area contributed by atoms with E-state index in [0.29, 0.717) is 0 Å². The van der Waals surface area contributed by atoms with Gasteiger partial charge in [-0.25, -0.2) is 4.98 Å². The summed E-state index contributed by atoms with van der Waals surface area (Å²) in [6, 6.07) is 5.82. The Morgan fingerprint density at radius 1 is 1.42 bits per heavy atom. The van der Waals surface area contributed by atoms with Crippen molar-refractivity contribution in [2.45, 2.75) is 31.2 Å². The molecule has 0 aromatic carbocycles. The average Bonchev–Trinajstić information content (AvgIpc) is 3.06. The molecule has 19 heavy (non-hydrogen) atoms. The monoisotopic (exact) mass is 254 g/mol. The second-order valence-electron chi connectivity index (χ2n) is 4.95. The van der Waals surface area contributed by atoms with Crippen molar-refractivity contribution in [1.82, 2.24) is 9.55 Å². The summed E-state index contributed by atoms with van der Waals surface area (Å²) in [5, 5.41) is 1.02. The molecule has 5 nitrogen and oxygen atoms in total. The van der Waals surface area contributed by atoms with Gasteiger partial charge in [0.1, 0.15) is 11.2 Å². The number of fused-ring (bicyclic) bond motifs is 1. The van der Waals surface area contributed by atoms with Gasteiger partial charge in [-0.15, -0.1) is 0 Å². The number of rotatable bonds is 3. The summed E-state index contributed by atoms with van der Waals surface area (Å²) >= 11 is 0. The molecule has 0 unspecified atom stereocenters. The number of Topliss-reactive ketones (excluding diaryl/α,β-unsaturated/α-hetero) is 1. The van der Waals surface area contributed by atoms with E-state index in [4.69, 9.17) is 5.53 Å². The smallest absolute Gasteiger partial charge is 0.325 e. The van der Waals surface area contributed by atoms with Crippen LogP contribution in [0.2, 0.25) is 0 Å². The van der Waals surface area contributed by atoms with Gasteiger partial charge in [0.2, 0.25) is 0 Å². The van der Waals surface area contributed by atoms with Crippen molar-refractivity contribution in [3.05, 3.63) is 36.1 Å². The molecule has 0 bridgehead atoms. The van der Waals surface area contributed by atoms with Gasteiger partial charge >= 0.3 is 6.21 Å². The minimum absolute atomic E-state index is 0.157. The fraction of sp³-hybridized carbons (Fsp3) is 0.357. The van der Waals surface area contributed by atoms with Gasteiger partial charge in [-0.1, -0.05) is 12.8 Å². The van der Waals surface area contributed by atoms with Crippen LogP contribution in [0.1, 0.15) is 25.7 Å². The van der Waals surface area contributed by atoms with Crippen LogP contribution in [-0.2, 0) is 10.3 Å². The highest BCUT2D eigenvalue weighted by Gasteiger charge is 2.44. The Balaban J connectivity index is 2.20. The van der Waals surface area contributed by atoms with E-state index >= 15 is 0 Å². The molecule has 2 aromatic heterocycles. The normalized spacial score (nSPS) is 17.3. The summed E-state index contributed by atoms with van der Waals surface area (Å²) < 4.78 is 1.94. The van der Waals surface area contributed by atoms with Gasteiger partial charge in [0, 0.05) is 17.8 Å². The van der Waals surface area contributed by atoms with Crippen molar-refractivity contribution >= 4 is 23.0 Å². The van der Waals surface area contributed by atoms with Crippen LogP contribution in [0.5, 0.6) is 0 Å². The van der Waals surface area contributed by atoms with Crippen molar-refractivity contribution in [1.29, 1.82) is 0 Å². The van der Waals surface area contributed by atoms with Gasteiger partial charge in [-0.2, -0.15) is 4.79 Å². The predicted molar refractivity (Wildman–Crippen MR) is 70.9 cm³/mol. The Hall–Kier alpha value is -2.26. The van der Waals surface area contributed by atoms with Gasteiger partial charge in [-0.3, -0.25) is 4.79 Å². The first-order chi connectivity index (χ1) is 9.28. The lowest BCUT2D eigenvalue weighted by molar-refractivity contribution is -0.123. The first-order valence-electron chi connectivity index (χ1n) is 6.42. The second-order valence-corrected chi connectivity index (χ2v) is 4.95. The highest BCUT2D eigenvalue weighted by molar-refractivity contribution is 6.28. The van der Waals surface area contributed by atoms with Crippen molar-refractivity contribution in [3.63, 3.8) is 0 Å². The highest BCUT2D eigenvalue weighted by Crippen LogP contribution is 2.39. The topological polar surface area (TPSA) is 71.3 Å². The number of pyridine rings is 1. The van der Waals surface area contributed by atoms with Crippen LogP contribution in [0.4, 0.5) is 0 Å². The number of nitrogens with zero attached hydrogens (tertiary/aromatic N) is 4. The number of ketones is 1. The minimum atomic E-state index is -0.637. The second kappa shape index (κ2) is 4.44. The van der Waals surface area contributed by atoms with Crippen LogP contribution in [0.3, 0.4) is 0 Å². The van der Waals surface area contributed by atoms with E-state index in [-0.39, 0.29) is 5.78 Å². The summed E-state index contributed by atoms with van der Waals surface area (Å²) in [5.41, 5.74) is 8.82. The summed E-state index contributed by atoms with van der Waals surface area (Å²) in [4.78, 5) is 19.6. The fourth-order valence-electron chi connectivity index (χ4n) is 3.05. The largest absolute Gasteiger partial charge is 0.361 e.